The summed E-state index contributed by atoms with van der Waals surface area (Å²) in [5.74, 6) is 0.550. The van der Waals surface area contributed by atoms with E-state index in [9.17, 15) is 4.79 Å². The molecule has 5 heteroatoms. The molecule has 2 heterocycles. The Bertz CT molecular complexity index is 331. The fourth-order valence-corrected chi connectivity index (χ4v) is 3.38. The summed E-state index contributed by atoms with van der Waals surface area (Å²) in [6, 6.07) is 0.156. The lowest BCUT2D eigenvalue weighted by Gasteiger charge is -2.40. The van der Waals surface area contributed by atoms with Crippen LogP contribution in [0.25, 0.3) is 0 Å². The van der Waals surface area contributed by atoms with Crippen LogP contribution in [-0.2, 0) is 14.3 Å². The van der Waals surface area contributed by atoms with Gasteiger partial charge in [0.15, 0.2) is 0 Å². The Kier molecular flexibility index (Phi) is 6.45. The largest absolute Gasteiger partial charge is 0.376 e. The summed E-state index contributed by atoms with van der Waals surface area (Å²) < 4.78 is 11.4. The summed E-state index contributed by atoms with van der Waals surface area (Å²) in [6.07, 6.45) is 5.31. The second-order valence-corrected chi connectivity index (χ2v) is 6.42. The van der Waals surface area contributed by atoms with Crippen molar-refractivity contribution in [3.8, 4) is 0 Å². The highest BCUT2D eigenvalue weighted by Gasteiger charge is 2.33. The van der Waals surface area contributed by atoms with E-state index in [-0.39, 0.29) is 18.1 Å². The number of nitrogens with two attached hydrogens (primary N) is 1. The Labute approximate surface area is 128 Å². The molecule has 0 aromatic heterocycles. The van der Waals surface area contributed by atoms with Crippen LogP contribution in [0.4, 0.5) is 0 Å². The molecule has 2 fully saturated rings. The molecule has 0 aliphatic carbocycles. The molecular formula is C16H30N2O3. The smallest absolute Gasteiger partial charge is 0.251 e. The summed E-state index contributed by atoms with van der Waals surface area (Å²) in [5, 5.41) is 0. The zero-order valence-corrected chi connectivity index (χ0v) is 13.4. The molecule has 2 aliphatic heterocycles. The zero-order valence-electron chi connectivity index (χ0n) is 13.4. The first-order valence-electron chi connectivity index (χ1n) is 8.37. The van der Waals surface area contributed by atoms with E-state index in [0.29, 0.717) is 19.1 Å². The first-order valence-corrected chi connectivity index (χ1v) is 8.37. The van der Waals surface area contributed by atoms with Crippen LogP contribution in [0, 0.1) is 5.92 Å². The minimum absolute atomic E-state index is 0.0767. The van der Waals surface area contributed by atoms with Crippen molar-refractivity contribution in [3.05, 3.63) is 0 Å². The first kappa shape index (κ1) is 16.7. The van der Waals surface area contributed by atoms with Crippen molar-refractivity contribution in [2.45, 2.75) is 64.2 Å². The Morgan fingerprint density at radius 1 is 1.38 bits per heavy atom. The number of hydrogen-bond donors (Lipinski definition) is 1. The van der Waals surface area contributed by atoms with E-state index in [1.54, 1.807) is 0 Å². The van der Waals surface area contributed by atoms with Gasteiger partial charge < -0.3 is 20.1 Å². The van der Waals surface area contributed by atoms with Crippen molar-refractivity contribution in [1.82, 2.24) is 4.90 Å². The fraction of sp³-hybridized carbons (Fsp3) is 0.938. The molecule has 0 saturated carbocycles. The van der Waals surface area contributed by atoms with Gasteiger partial charge >= 0.3 is 0 Å². The number of carbonyl (C=O) groups is 1. The summed E-state index contributed by atoms with van der Waals surface area (Å²) >= 11 is 0. The Balaban J connectivity index is 1.82. The van der Waals surface area contributed by atoms with E-state index in [2.05, 4.69) is 6.92 Å². The molecule has 0 aromatic rings. The minimum atomic E-state index is -0.408. The van der Waals surface area contributed by atoms with Gasteiger partial charge in [-0.2, -0.15) is 0 Å². The van der Waals surface area contributed by atoms with Gasteiger partial charge in [0.05, 0.1) is 12.7 Å². The van der Waals surface area contributed by atoms with E-state index in [1.807, 2.05) is 11.8 Å². The minimum Gasteiger partial charge on any atom is -0.376 e. The lowest BCUT2D eigenvalue weighted by molar-refractivity contribution is -0.151. The van der Waals surface area contributed by atoms with Crippen LogP contribution in [0.2, 0.25) is 0 Å². The third kappa shape index (κ3) is 4.41. The molecule has 0 bridgehead atoms. The van der Waals surface area contributed by atoms with Gasteiger partial charge in [-0.15, -0.1) is 0 Å². The molecule has 5 nitrogen and oxygen atoms in total. The van der Waals surface area contributed by atoms with E-state index in [1.165, 1.54) is 6.42 Å². The second kappa shape index (κ2) is 8.11. The summed E-state index contributed by atoms with van der Waals surface area (Å²) in [4.78, 5) is 14.5. The molecular weight excluding hydrogens is 268 g/mol. The average molecular weight is 298 g/mol. The van der Waals surface area contributed by atoms with E-state index < -0.39 is 6.10 Å². The standard InChI is InChI=1S/C16H30N2O3/c1-12-6-5-8-18(15(12)10-17)16(19)13(2)21-11-14-7-3-4-9-20-14/h12-15H,3-11,17H2,1-2H3/t12-,13-,14-,15-/m0/s1. The maximum atomic E-state index is 12.6. The van der Waals surface area contributed by atoms with Crippen molar-refractivity contribution in [1.29, 1.82) is 0 Å². The number of carbonyl (C=O) groups excluding carboxylic acids is 1. The lowest BCUT2D eigenvalue weighted by Crippen LogP contribution is -2.54. The number of hydrogen-bond acceptors (Lipinski definition) is 4. The molecule has 122 valence electrons. The maximum absolute atomic E-state index is 12.6. The highest BCUT2D eigenvalue weighted by molar-refractivity contribution is 5.81. The van der Waals surface area contributed by atoms with Gasteiger partial charge in [-0.1, -0.05) is 6.92 Å². The van der Waals surface area contributed by atoms with Crippen LogP contribution in [0.3, 0.4) is 0 Å². The van der Waals surface area contributed by atoms with Crippen LogP contribution in [0.5, 0.6) is 0 Å². The molecule has 2 saturated heterocycles. The molecule has 0 unspecified atom stereocenters. The topological polar surface area (TPSA) is 64.8 Å². The number of likely N-dealkylation sites (tertiary alicyclic amines) is 1. The van der Waals surface area contributed by atoms with Crippen molar-refractivity contribution >= 4 is 5.91 Å². The van der Waals surface area contributed by atoms with Crippen molar-refractivity contribution < 1.29 is 14.3 Å². The van der Waals surface area contributed by atoms with Gasteiger partial charge in [0.1, 0.15) is 6.10 Å². The molecule has 21 heavy (non-hydrogen) atoms. The molecule has 0 spiro atoms. The van der Waals surface area contributed by atoms with Crippen LogP contribution in [-0.4, -0.2) is 55.4 Å². The fourth-order valence-electron chi connectivity index (χ4n) is 3.38. The van der Waals surface area contributed by atoms with Gasteiger partial charge in [0.25, 0.3) is 5.91 Å². The monoisotopic (exact) mass is 298 g/mol. The number of amides is 1. The number of rotatable bonds is 5. The highest BCUT2D eigenvalue weighted by atomic mass is 16.5. The van der Waals surface area contributed by atoms with Gasteiger partial charge in [-0.3, -0.25) is 4.79 Å². The SMILES string of the molecule is C[C@H](OC[C@@H]1CCCCO1)C(=O)N1CCC[C@H](C)[C@@H]1CN. The molecule has 2 N–H and O–H groups in total. The number of nitrogens with zero attached hydrogens (tertiary/aromatic N) is 1. The van der Waals surface area contributed by atoms with Gasteiger partial charge in [-0.05, 0) is 44.9 Å². The maximum Gasteiger partial charge on any atom is 0.251 e. The third-order valence-electron chi connectivity index (χ3n) is 4.79. The Hall–Kier alpha value is -0.650. The Morgan fingerprint density at radius 3 is 2.86 bits per heavy atom. The van der Waals surface area contributed by atoms with Crippen molar-refractivity contribution in [2.75, 3.05) is 26.3 Å². The number of ether oxygens (including phenoxy) is 2. The quantitative estimate of drug-likeness (QED) is 0.836. The van der Waals surface area contributed by atoms with Crippen LogP contribution >= 0.6 is 0 Å². The lowest BCUT2D eigenvalue weighted by atomic mass is 9.90. The molecule has 0 aromatic carbocycles. The predicted octanol–water partition coefficient (Wildman–Crippen LogP) is 1.55. The summed E-state index contributed by atoms with van der Waals surface area (Å²) in [7, 11) is 0. The van der Waals surface area contributed by atoms with Crippen LogP contribution in [0.15, 0.2) is 0 Å². The zero-order chi connectivity index (χ0) is 15.2. The first-order chi connectivity index (χ1) is 10.1. The van der Waals surface area contributed by atoms with Crippen molar-refractivity contribution in [2.24, 2.45) is 11.7 Å². The molecule has 1 amide bonds. The van der Waals surface area contributed by atoms with E-state index in [0.717, 1.165) is 38.8 Å². The van der Waals surface area contributed by atoms with Crippen LogP contribution in [0.1, 0.15) is 46.0 Å². The molecule has 0 radical (unpaired) electrons. The highest BCUT2D eigenvalue weighted by Crippen LogP contribution is 2.23. The molecule has 2 aliphatic rings. The van der Waals surface area contributed by atoms with E-state index >= 15 is 0 Å². The molecule has 4 atom stereocenters. The normalized spacial score (nSPS) is 32.0. The average Bonchev–Trinajstić information content (AvgIpc) is 2.52. The predicted molar refractivity (Wildman–Crippen MR) is 82.0 cm³/mol. The second-order valence-electron chi connectivity index (χ2n) is 6.42. The van der Waals surface area contributed by atoms with Gasteiger partial charge in [-0.25, -0.2) is 0 Å². The van der Waals surface area contributed by atoms with Gasteiger partial charge in [0.2, 0.25) is 0 Å². The Morgan fingerprint density at radius 2 is 2.19 bits per heavy atom. The van der Waals surface area contributed by atoms with E-state index in [4.69, 9.17) is 15.2 Å². The summed E-state index contributed by atoms with van der Waals surface area (Å²) in [6.45, 7) is 6.69. The third-order valence-corrected chi connectivity index (χ3v) is 4.79. The summed E-state index contributed by atoms with van der Waals surface area (Å²) in [5.41, 5.74) is 5.86. The molecule has 2 rings (SSSR count). The van der Waals surface area contributed by atoms with Crippen LogP contribution < -0.4 is 5.73 Å². The van der Waals surface area contributed by atoms with Gasteiger partial charge in [0, 0.05) is 25.7 Å². The van der Waals surface area contributed by atoms with Crippen molar-refractivity contribution in [3.63, 3.8) is 0 Å². The number of piperidine rings is 1.